The Morgan fingerprint density at radius 1 is 1.06 bits per heavy atom. The van der Waals surface area contributed by atoms with E-state index in [9.17, 15) is 0 Å². The van der Waals surface area contributed by atoms with Crippen LogP contribution in [0, 0.1) is 0 Å². The van der Waals surface area contributed by atoms with E-state index in [1.807, 2.05) is 0 Å². The fourth-order valence-electron chi connectivity index (χ4n) is 2.59. The van der Waals surface area contributed by atoms with Crippen LogP contribution in [0.4, 0.5) is 0 Å². The van der Waals surface area contributed by atoms with Crippen LogP contribution in [-0.4, -0.2) is 24.1 Å². The van der Waals surface area contributed by atoms with Crippen LogP contribution in [0.15, 0.2) is 43.0 Å². The molecule has 1 rings (SSSR count). The first-order valence-corrected chi connectivity index (χ1v) is 6.27. The largest absolute Gasteiger partial charge is 1.00 e. The number of likely N-dealkylation sites (N-methyl/N-ethyl adjacent to an activating group) is 1. The van der Waals surface area contributed by atoms with Gasteiger partial charge in [-0.1, -0.05) is 36.9 Å². The van der Waals surface area contributed by atoms with Gasteiger partial charge < -0.3 is 21.5 Å². The van der Waals surface area contributed by atoms with Crippen molar-refractivity contribution in [2.24, 2.45) is 0 Å². The van der Waals surface area contributed by atoms with Crippen molar-refractivity contribution >= 4 is 0 Å². The van der Waals surface area contributed by atoms with Crippen molar-refractivity contribution in [3.8, 4) is 0 Å². The highest BCUT2D eigenvalue weighted by atomic mass is 79.9. The summed E-state index contributed by atoms with van der Waals surface area (Å²) < 4.78 is 1.09. The predicted octanol–water partition coefficient (Wildman–Crippen LogP) is 0.794. The third kappa shape index (κ3) is 3.43. The number of halogens is 1. The van der Waals surface area contributed by atoms with E-state index in [0.717, 1.165) is 24.1 Å². The van der Waals surface area contributed by atoms with E-state index in [2.05, 4.69) is 63.8 Å². The highest BCUT2D eigenvalue weighted by Gasteiger charge is 2.30. The summed E-state index contributed by atoms with van der Waals surface area (Å²) in [6.45, 7) is 14.3. The minimum absolute atomic E-state index is 0. The van der Waals surface area contributed by atoms with Crippen molar-refractivity contribution in [2.75, 3.05) is 19.6 Å². The molecule has 0 saturated heterocycles. The number of benzene rings is 1. The van der Waals surface area contributed by atoms with Gasteiger partial charge in [0.15, 0.2) is 0 Å². The van der Waals surface area contributed by atoms with E-state index >= 15 is 0 Å². The van der Waals surface area contributed by atoms with Gasteiger partial charge in [-0.05, 0) is 26.8 Å². The van der Waals surface area contributed by atoms with Gasteiger partial charge in [0.25, 0.3) is 0 Å². The van der Waals surface area contributed by atoms with Gasteiger partial charge >= 0.3 is 0 Å². The van der Waals surface area contributed by atoms with Crippen molar-refractivity contribution in [1.29, 1.82) is 0 Å². The minimum Gasteiger partial charge on any atom is -1.00 e. The maximum atomic E-state index is 4.03. The first-order valence-electron chi connectivity index (χ1n) is 6.27. The van der Waals surface area contributed by atoms with Crippen LogP contribution in [0.2, 0.25) is 0 Å². The third-order valence-electron chi connectivity index (χ3n) is 3.84. The summed E-state index contributed by atoms with van der Waals surface area (Å²) in [5, 5.41) is 0. The summed E-state index contributed by atoms with van der Waals surface area (Å²) in [7, 11) is 0. The molecule has 0 aliphatic carbocycles. The Morgan fingerprint density at radius 2 is 1.53 bits per heavy atom. The first kappa shape index (κ1) is 16.4. The molecule has 1 unspecified atom stereocenters. The smallest absolute Gasteiger partial charge is 0.133 e. The molecule has 0 aliphatic heterocycles. The van der Waals surface area contributed by atoms with Gasteiger partial charge in [-0.2, -0.15) is 0 Å². The molecule has 0 fully saturated rings. The van der Waals surface area contributed by atoms with Crippen LogP contribution >= 0.6 is 0 Å². The van der Waals surface area contributed by atoms with Gasteiger partial charge in [-0.15, -0.1) is 0 Å². The normalized spacial score (nSPS) is 12.6. The number of quaternary nitrogens is 1. The lowest BCUT2D eigenvalue weighted by molar-refractivity contribution is -0.946. The lowest BCUT2D eigenvalue weighted by Crippen LogP contribution is -3.00. The maximum absolute atomic E-state index is 4.03. The molecule has 2 heteroatoms. The SMILES string of the molecule is C=CC(c1ccccc1)[N+](CC)(CC)CC.[Br-]. The average Bonchev–Trinajstić information content (AvgIpc) is 2.37. The molecule has 0 aliphatic rings. The molecule has 1 atom stereocenters. The molecule has 96 valence electrons. The molecule has 0 heterocycles. The van der Waals surface area contributed by atoms with Gasteiger partial charge in [-0.25, -0.2) is 0 Å². The van der Waals surface area contributed by atoms with Gasteiger partial charge in [0.2, 0.25) is 0 Å². The summed E-state index contributed by atoms with van der Waals surface area (Å²) in [5.74, 6) is 0. The highest BCUT2D eigenvalue weighted by Crippen LogP contribution is 2.29. The monoisotopic (exact) mass is 297 g/mol. The summed E-state index contributed by atoms with van der Waals surface area (Å²) in [6.07, 6.45) is 2.10. The zero-order chi connectivity index (χ0) is 12.0. The zero-order valence-electron chi connectivity index (χ0n) is 11.2. The maximum Gasteiger partial charge on any atom is 0.133 e. The summed E-state index contributed by atoms with van der Waals surface area (Å²) in [5.41, 5.74) is 1.38. The molecule has 0 bridgehead atoms. The number of hydrogen-bond donors (Lipinski definition) is 0. The second-order valence-corrected chi connectivity index (χ2v) is 4.26. The molecule has 1 nitrogen and oxygen atoms in total. The fraction of sp³-hybridized carbons (Fsp3) is 0.467. The molecule has 0 spiro atoms. The lowest BCUT2D eigenvalue weighted by atomic mass is 10.0. The Morgan fingerprint density at radius 3 is 1.88 bits per heavy atom. The summed E-state index contributed by atoms with van der Waals surface area (Å²) >= 11 is 0. The van der Waals surface area contributed by atoms with Crippen LogP contribution in [0.25, 0.3) is 0 Å². The second-order valence-electron chi connectivity index (χ2n) is 4.26. The lowest BCUT2D eigenvalue weighted by Gasteiger charge is -2.42. The van der Waals surface area contributed by atoms with Crippen LogP contribution in [0.1, 0.15) is 32.4 Å². The van der Waals surface area contributed by atoms with Crippen molar-refractivity contribution in [1.82, 2.24) is 0 Å². The van der Waals surface area contributed by atoms with Gasteiger partial charge in [0.05, 0.1) is 19.6 Å². The number of rotatable bonds is 6. The van der Waals surface area contributed by atoms with Crippen LogP contribution in [0.3, 0.4) is 0 Å². The number of hydrogen-bond acceptors (Lipinski definition) is 0. The van der Waals surface area contributed by atoms with Crippen molar-refractivity contribution < 1.29 is 21.5 Å². The van der Waals surface area contributed by atoms with Crippen molar-refractivity contribution in [2.45, 2.75) is 26.8 Å². The summed E-state index contributed by atoms with van der Waals surface area (Å²) in [4.78, 5) is 0. The highest BCUT2D eigenvalue weighted by molar-refractivity contribution is 5.20. The molecule has 0 aromatic heterocycles. The topological polar surface area (TPSA) is 0 Å². The number of nitrogens with zero attached hydrogens (tertiary/aromatic N) is 1. The molecule has 0 amide bonds. The van der Waals surface area contributed by atoms with Crippen LogP contribution in [0.5, 0.6) is 0 Å². The molecule has 17 heavy (non-hydrogen) atoms. The van der Waals surface area contributed by atoms with E-state index in [1.54, 1.807) is 0 Å². The quantitative estimate of drug-likeness (QED) is 0.538. The van der Waals surface area contributed by atoms with E-state index in [4.69, 9.17) is 0 Å². The zero-order valence-corrected chi connectivity index (χ0v) is 12.8. The molecule has 0 radical (unpaired) electrons. The second kappa shape index (κ2) is 7.67. The van der Waals surface area contributed by atoms with E-state index in [-0.39, 0.29) is 17.0 Å². The van der Waals surface area contributed by atoms with Crippen molar-refractivity contribution in [3.05, 3.63) is 48.6 Å². The molecular formula is C15H24BrN. The molecule has 0 N–H and O–H groups in total. The molecule has 0 saturated carbocycles. The van der Waals surface area contributed by atoms with Gasteiger partial charge in [-0.3, -0.25) is 0 Å². The standard InChI is InChI=1S/C15H24N.BrH/c1-5-15(14-12-10-9-11-13-14)16(6-2,7-3)8-4;/h5,9-13,15H,1,6-8H2,2-4H3;1H/q+1;/p-1. The Kier molecular flexibility index (Phi) is 7.40. The predicted molar refractivity (Wildman–Crippen MR) is 71.3 cm³/mol. The Balaban J connectivity index is 0.00000256. The Labute approximate surface area is 117 Å². The molecule has 1 aromatic rings. The molecular weight excluding hydrogens is 274 g/mol. The minimum atomic E-state index is 0. The molecule has 1 aromatic carbocycles. The average molecular weight is 298 g/mol. The van der Waals surface area contributed by atoms with Gasteiger partial charge in [0, 0.05) is 5.56 Å². The van der Waals surface area contributed by atoms with E-state index in [0.29, 0.717) is 6.04 Å². The summed E-state index contributed by atoms with van der Waals surface area (Å²) in [6, 6.07) is 11.1. The van der Waals surface area contributed by atoms with E-state index in [1.165, 1.54) is 5.56 Å². The van der Waals surface area contributed by atoms with Crippen molar-refractivity contribution in [3.63, 3.8) is 0 Å². The van der Waals surface area contributed by atoms with Crippen LogP contribution in [-0.2, 0) is 0 Å². The fourth-order valence-corrected chi connectivity index (χ4v) is 2.59. The van der Waals surface area contributed by atoms with E-state index < -0.39 is 0 Å². The first-order chi connectivity index (χ1) is 7.74. The van der Waals surface area contributed by atoms with Crippen LogP contribution < -0.4 is 17.0 Å². The third-order valence-corrected chi connectivity index (χ3v) is 3.84. The Hall–Kier alpha value is -0.600. The van der Waals surface area contributed by atoms with Gasteiger partial charge in [0.1, 0.15) is 6.04 Å². The Bertz CT molecular complexity index is 309.